The van der Waals surface area contributed by atoms with Crippen LogP contribution in [0.25, 0.3) is 0 Å². The normalized spacial score (nSPS) is 20.9. The Balaban J connectivity index is 2.42. The molecule has 0 spiro atoms. The molecule has 0 saturated carbocycles. The van der Waals surface area contributed by atoms with Crippen molar-refractivity contribution >= 4 is 5.91 Å². The minimum atomic E-state index is 0.0629. The maximum atomic E-state index is 11.5. The van der Waals surface area contributed by atoms with Gasteiger partial charge >= 0.3 is 0 Å². The number of aliphatic hydroxyl groups excluding tert-OH is 1. The highest BCUT2D eigenvalue weighted by Gasteiger charge is 2.27. The van der Waals surface area contributed by atoms with Gasteiger partial charge in [0.05, 0.1) is 6.42 Å². The largest absolute Gasteiger partial charge is 0.396 e. The summed E-state index contributed by atoms with van der Waals surface area (Å²) in [5.74, 6) is 2.44. The van der Waals surface area contributed by atoms with Crippen LogP contribution >= 0.6 is 0 Å². The molecule has 1 aliphatic rings. The van der Waals surface area contributed by atoms with Crippen molar-refractivity contribution in [2.45, 2.75) is 38.1 Å². The van der Waals surface area contributed by atoms with Gasteiger partial charge in [0.15, 0.2) is 0 Å². The summed E-state index contributed by atoms with van der Waals surface area (Å²) in [5.41, 5.74) is 0. The number of nitrogens with zero attached hydrogens (tertiary/aromatic N) is 1. The van der Waals surface area contributed by atoms with E-state index >= 15 is 0 Å². The Labute approximate surface area is 85.1 Å². The fraction of sp³-hybridized carbons (Fsp3) is 0.727. The van der Waals surface area contributed by atoms with Crippen LogP contribution in [0.15, 0.2) is 0 Å². The second-order valence-electron chi connectivity index (χ2n) is 3.63. The van der Waals surface area contributed by atoms with Crippen LogP contribution in [0.3, 0.4) is 0 Å². The highest BCUT2D eigenvalue weighted by Crippen LogP contribution is 2.21. The Morgan fingerprint density at radius 1 is 1.64 bits per heavy atom. The molecule has 1 saturated heterocycles. The molecule has 0 aromatic carbocycles. The maximum absolute atomic E-state index is 11.5. The van der Waals surface area contributed by atoms with Crippen molar-refractivity contribution in [1.82, 2.24) is 4.90 Å². The Morgan fingerprint density at radius 2 is 2.43 bits per heavy atom. The molecule has 0 radical (unpaired) electrons. The van der Waals surface area contributed by atoms with Crippen molar-refractivity contribution in [3.05, 3.63) is 0 Å². The minimum Gasteiger partial charge on any atom is -0.396 e. The van der Waals surface area contributed by atoms with E-state index in [1.807, 2.05) is 4.90 Å². The van der Waals surface area contributed by atoms with Gasteiger partial charge in [0.25, 0.3) is 0 Å². The lowest BCUT2D eigenvalue weighted by atomic mass is 10.1. The summed E-state index contributed by atoms with van der Waals surface area (Å²) in [5, 5.41) is 8.72. The molecule has 1 heterocycles. The maximum Gasteiger partial charge on any atom is 0.234 e. The molecule has 0 aromatic rings. The Hall–Kier alpha value is -1.01. The molecular weight excluding hydrogens is 178 g/mol. The van der Waals surface area contributed by atoms with Gasteiger partial charge in [-0.15, -0.1) is 6.42 Å². The first-order valence-corrected chi connectivity index (χ1v) is 5.13. The number of aliphatic hydroxyl groups is 1. The van der Waals surface area contributed by atoms with E-state index in [1.165, 1.54) is 0 Å². The van der Waals surface area contributed by atoms with Gasteiger partial charge in [0.2, 0.25) is 5.91 Å². The highest BCUT2D eigenvalue weighted by molar-refractivity contribution is 5.79. The summed E-state index contributed by atoms with van der Waals surface area (Å²) < 4.78 is 0. The zero-order chi connectivity index (χ0) is 10.4. The third-order valence-electron chi connectivity index (χ3n) is 2.65. The predicted octanol–water partition coefficient (Wildman–Crippen LogP) is 0.773. The molecule has 1 unspecified atom stereocenters. The number of rotatable bonds is 4. The topological polar surface area (TPSA) is 40.5 Å². The number of carbonyl (C=O) groups is 1. The first-order chi connectivity index (χ1) is 6.79. The summed E-state index contributed by atoms with van der Waals surface area (Å²) >= 11 is 0. The lowest BCUT2D eigenvalue weighted by Crippen LogP contribution is -2.35. The van der Waals surface area contributed by atoms with Crippen molar-refractivity contribution in [3.8, 4) is 12.3 Å². The third-order valence-corrected chi connectivity index (χ3v) is 2.65. The van der Waals surface area contributed by atoms with Crippen LogP contribution in [0.2, 0.25) is 0 Å². The summed E-state index contributed by atoms with van der Waals surface area (Å²) in [4.78, 5) is 13.4. The molecule has 1 rings (SSSR count). The fourth-order valence-electron chi connectivity index (χ4n) is 1.98. The summed E-state index contributed by atoms with van der Waals surface area (Å²) in [6.45, 7) is 1.03. The first kappa shape index (κ1) is 11.1. The van der Waals surface area contributed by atoms with E-state index in [4.69, 9.17) is 11.5 Å². The Kier molecular flexibility index (Phi) is 4.48. The minimum absolute atomic E-state index is 0.0629. The van der Waals surface area contributed by atoms with E-state index in [-0.39, 0.29) is 18.9 Å². The van der Waals surface area contributed by atoms with Crippen LogP contribution in [0, 0.1) is 12.3 Å². The van der Waals surface area contributed by atoms with Crippen molar-refractivity contribution in [1.29, 1.82) is 0 Å². The Morgan fingerprint density at radius 3 is 3.07 bits per heavy atom. The molecule has 78 valence electrons. The first-order valence-electron chi connectivity index (χ1n) is 5.13. The van der Waals surface area contributed by atoms with E-state index in [0.29, 0.717) is 6.04 Å². The smallest absolute Gasteiger partial charge is 0.234 e. The highest BCUT2D eigenvalue weighted by atomic mass is 16.3. The predicted molar refractivity (Wildman–Crippen MR) is 54.5 cm³/mol. The van der Waals surface area contributed by atoms with Crippen LogP contribution in [0.4, 0.5) is 0 Å². The zero-order valence-electron chi connectivity index (χ0n) is 8.41. The standard InChI is InChI=1S/C11H17NO2/c1-2-5-11(14)12-8-3-6-10(12)7-4-9-13/h1,10,13H,3-9H2. The van der Waals surface area contributed by atoms with Gasteiger partial charge in [-0.1, -0.05) is 5.92 Å². The van der Waals surface area contributed by atoms with E-state index in [2.05, 4.69) is 5.92 Å². The van der Waals surface area contributed by atoms with Gasteiger partial charge < -0.3 is 10.0 Å². The number of amides is 1. The van der Waals surface area contributed by atoms with Gasteiger partial charge in [0, 0.05) is 19.2 Å². The lowest BCUT2D eigenvalue weighted by molar-refractivity contribution is -0.131. The van der Waals surface area contributed by atoms with Crippen LogP contribution < -0.4 is 0 Å². The lowest BCUT2D eigenvalue weighted by Gasteiger charge is -2.23. The van der Waals surface area contributed by atoms with Crippen LogP contribution in [-0.4, -0.2) is 35.1 Å². The molecule has 0 bridgehead atoms. The zero-order valence-corrected chi connectivity index (χ0v) is 8.41. The quantitative estimate of drug-likeness (QED) is 0.673. The van der Waals surface area contributed by atoms with Crippen LogP contribution in [0.1, 0.15) is 32.1 Å². The Bertz CT molecular complexity index is 232. The molecule has 1 fully saturated rings. The van der Waals surface area contributed by atoms with Gasteiger partial charge in [-0.25, -0.2) is 0 Å². The second kappa shape index (κ2) is 5.66. The molecule has 3 heteroatoms. The molecular formula is C11H17NO2. The summed E-state index contributed by atoms with van der Waals surface area (Å²) in [7, 11) is 0. The molecule has 1 atom stereocenters. The summed E-state index contributed by atoms with van der Waals surface area (Å²) in [6.07, 6.45) is 9.09. The van der Waals surface area contributed by atoms with Crippen LogP contribution in [-0.2, 0) is 4.79 Å². The molecule has 0 aliphatic carbocycles. The molecule has 0 aromatic heterocycles. The van der Waals surface area contributed by atoms with Crippen molar-refractivity contribution in [2.75, 3.05) is 13.2 Å². The molecule has 3 nitrogen and oxygen atoms in total. The average Bonchev–Trinajstić information content (AvgIpc) is 2.63. The number of carbonyl (C=O) groups excluding carboxylic acids is 1. The van der Waals surface area contributed by atoms with E-state index in [9.17, 15) is 4.79 Å². The molecule has 14 heavy (non-hydrogen) atoms. The van der Waals surface area contributed by atoms with E-state index < -0.39 is 0 Å². The second-order valence-corrected chi connectivity index (χ2v) is 3.63. The molecule has 1 amide bonds. The van der Waals surface area contributed by atoms with Gasteiger partial charge in [-0.05, 0) is 25.7 Å². The van der Waals surface area contributed by atoms with E-state index in [1.54, 1.807) is 0 Å². The number of terminal acetylenes is 1. The van der Waals surface area contributed by atoms with Crippen molar-refractivity contribution < 1.29 is 9.90 Å². The van der Waals surface area contributed by atoms with Gasteiger partial charge in [0.1, 0.15) is 0 Å². The fourth-order valence-corrected chi connectivity index (χ4v) is 1.98. The monoisotopic (exact) mass is 195 g/mol. The number of likely N-dealkylation sites (tertiary alicyclic amines) is 1. The van der Waals surface area contributed by atoms with Gasteiger partial charge in [-0.3, -0.25) is 4.79 Å². The third kappa shape index (κ3) is 2.74. The van der Waals surface area contributed by atoms with E-state index in [0.717, 1.165) is 32.2 Å². The van der Waals surface area contributed by atoms with Gasteiger partial charge in [-0.2, -0.15) is 0 Å². The number of hydrogen-bond donors (Lipinski definition) is 1. The average molecular weight is 195 g/mol. The molecule has 1 aliphatic heterocycles. The van der Waals surface area contributed by atoms with Crippen LogP contribution in [0.5, 0.6) is 0 Å². The summed E-state index contributed by atoms with van der Waals surface area (Å²) in [6, 6.07) is 0.308. The van der Waals surface area contributed by atoms with Crippen molar-refractivity contribution in [3.63, 3.8) is 0 Å². The SMILES string of the molecule is C#CCC(=O)N1CCCC1CCCO. The number of hydrogen-bond acceptors (Lipinski definition) is 2. The molecule has 1 N–H and O–H groups in total. The van der Waals surface area contributed by atoms with Crippen molar-refractivity contribution in [2.24, 2.45) is 0 Å².